The van der Waals surface area contributed by atoms with Crippen LogP contribution < -0.4 is 11.3 Å². The van der Waals surface area contributed by atoms with Crippen LogP contribution in [0.2, 0.25) is 0 Å². The van der Waals surface area contributed by atoms with Crippen molar-refractivity contribution >= 4 is 0 Å². The SMILES string of the molecule is C=CCCCC(NN)c1ccc(C(C)(C)C)cc1. The van der Waals surface area contributed by atoms with E-state index in [0.29, 0.717) is 0 Å². The van der Waals surface area contributed by atoms with Gasteiger partial charge in [-0.05, 0) is 35.8 Å². The van der Waals surface area contributed by atoms with Gasteiger partial charge in [-0.15, -0.1) is 6.58 Å². The highest BCUT2D eigenvalue weighted by Gasteiger charge is 2.14. The maximum absolute atomic E-state index is 5.64. The van der Waals surface area contributed by atoms with Gasteiger partial charge in [0.2, 0.25) is 0 Å². The Bertz CT molecular complexity index is 360. The van der Waals surface area contributed by atoms with Crippen LogP contribution >= 0.6 is 0 Å². The number of nitrogens with one attached hydrogen (secondary N) is 1. The van der Waals surface area contributed by atoms with E-state index in [1.54, 1.807) is 0 Å². The van der Waals surface area contributed by atoms with Crippen molar-refractivity contribution in [2.75, 3.05) is 0 Å². The van der Waals surface area contributed by atoms with Crippen molar-refractivity contribution in [1.29, 1.82) is 0 Å². The number of hydrogen-bond acceptors (Lipinski definition) is 2. The molecule has 1 unspecified atom stereocenters. The second-order valence-electron chi connectivity index (χ2n) is 5.81. The Morgan fingerprint density at radius 2 is 1.89 bits per heavy atom. The molecule has 100 valence electrons. The van der Waals surface area contributed by atoms with E-state index in [9.17, 15) is 0 Å². The zero-order valence-electron chi connectivity index (χ0n) is 11.9. The van der Waals surface area contributed by atoms with E-state index < -0.39 is 0 Å². The van der Waals surface area contributed by atoms with Crippen LogP contribution in [0.4, 0.5) is 0 Å². The van der Waals surface area contributed by atoms with Gasteiger partial charge in [-0.1, -0.05) is 51.1 Å². The number of nitrogens with two attached hydrogens (primary N) is 1. The summed E-state index contributed by atoms with van der Waals surface area (Å²) in [6.07, 6.45) is 5.14. The quantitative estimate of drug-likeness (QED) is 0.346. The van der Waals surface area contributed by atoms with Gasteiger partial charge in [-0.25, -0.2) is 0 Å². The van der Waals surface area contributed by atoms with Crippen molar-refractivity contribution in [2.45, 2.75) is 51.5 Å². The largest absolute Gasteiger partial charge is 0.271 e. The first-order valence-electron chi connectivity index (χ1n) is 6.66. The molecule has 0 fully saturated rings. The molecule has 3 N–H and O–H groups in total. The summed E-state index contributed by atoms with van der Waals surface area (Å²) in [7, 11) is 0. The monoisotopic (exact) mass is 246 g/mol. The first kappa shape index (κ1) is 14.9. The molecule has 0 aliphatic rings. The fourth-order valence-electron chi connectivity index (χ4n) is 2.03. The van der Waals surface area contributed by atoms with Crippen LogP contribution in [-0.4, -0.2) is 0 Å². The minimum atomic E-state index is 0.201. The smallest absolute Gasteiger partial charge is 0.0460 e. The average molecular weight is 246 g/mol. The van der Waals surface area contributed by atoms with E-state index in [0.717, 1.165) is 19.3 Å². The highest BCUT2D eigenvalue weighted by molar-refractivity contribution is 5.29. The van der Waals surface area contributed by atoms with Gasteiger partial charge < -0.3 is 0 Å². The molecule has 0 aromatic heterocycles. The number of allylic oxidation sites excluding steroid dienone is 1. The first-order chi connectivity index (χ1) is 8.49. The lowest BCUT2D eigenvalue weighted by Crippen LogP contribution is -2.28. The minimum absolute atomic E-state index is 0.201. The van der Waals surface area contributed by atoms with Crippen LogP contribution in [-0.2, 0) is 5.41 Å². The van der Waals surface area contributed by atoms with E-state index in [1.165, 1.54) is 11.1 Å². The molecule has 1 rings (SSSR count). The third-order valence-electron chi connectivity index (χ3n) is 3.28. The van der Waals surface area contributed by atoms with Crippen molar-refractivity contribution < 1.29 is 0 Å². The summed E-state index contributed by atoms with van der Waals surface area (Å²) in [5, 5.41) is 0. The van der Waals surface area contributed by atoms with Gasteiger partial charge in [0, 0.05) is 6.04 Å². The van der Waals surface area contributed by atoms with Crippen LogP contribution in [0, 0.1) is 0 Å². The van der Waals surface area contributed by atoms with Crippen LogP contribution in [0.25, 0.3) is 0 Å². The molecule has 0 bridgehead atoms. The predicted octanol–water partition coefficient (Wildman–Crippen LogP) is 3.84. The standard InChI is InChI=1S/C16H26N2/c1-5-6-7-8-15(18-17)13-9-11-14(12-10-13)16(2,3)4/h5,9-12,15,18H,1,6-8,17H2,2-4H3. The van der Waals surface area contributed by atoms with Gasteiger partial charge in [0.15, 0.2) is 0 Å². The van der Waals surface area contributed by atoms with Crippen molar-refractivity contribution in [1.82, 2.24) is 5.43 Å². The van der Waals surface area contributed by atoms with Gasteiger partial charge >= 0.3 is 0 Å². The van der Waals surface area contributed by atoms with Crippen molar-refractivity contribution in [3.8, 4) is 0 Å². The molecule has 1 aromatic rings. The molecule has 0 saturated carbocycles. The van der Waals surface area contributed by atoms with E-state index in [-0.39, 0.29) is 11.5 Å². The molecule has 0 heterocycles. The summed E-state index contributed by atoms with van der Waals surface area (Å²) in [6.45, 7) is 10.4. The van der Waals surface area contributed by atoms with Gasteiger partial charge in [-0.3, -0.25) is 11.3 Å². The lowest BCUT2D eigenvalue weighted by atomic mass is 9.86. The Balaban J connectivity index is 2.72. The van der Waals surface area contributed by atoms with Crippen LogP contribution in [0.3, 0.4) is 0 Å². The van der Waals surface area contributed by atoms with Gasteiger partial charge in [-0.2, -0.15) is 0 Å². The third-order valence-corrected chi connectivity index (χ3v) is 3.28. The molecule has 0 radical (unpaired) electrons. The van der Waals surface area contributed by atoms with Crippen molar-refractivity contribution in [3.63, 3.8) is 0 Å². The van der Waals surface area contributed by atoms with Crippen LogP contribution in [0.15, 0.2) is 36.9 Å². The summed E-state index contributed by atoms with van der Waals surface area (Å²) in [4.78, 5) is 0. The summed E-state index contributed by atoms with van der Waals surface area (Å²) in [6, 6.07) is 9.00. The number of hydrazine groups is 1. The number of rotatable bonds is 6. The second-order valence-corrected chi connectivity index (χ2v) is 5.81. The highest BCUT2D eigenvalue weighted by atomic mass is 15.2. The lowest BCUT2D eigenvalue weighted by molar-refractivity contribution is 0.500. The van der Waals surface area contributed by atoms with Crippen molar-refractivity contribution in [3.05, 3.63) is 48.0 Å². The fourth-order valence-corrected chi connectivity index (χ4v) is 2.03. The van der Waals surface area contributed by atoms with Crippen LogP contribution in [0.5, 0.6) is 0 Å². The van der Waals surface area contributed by atoms with E-state index in [4.69, 9.17) is 5.84 Å². The summed E-state index contributed by atoms with van der Waals surface area (Å²) in [5.41, 5.74) is 5.72. The summed E-state index contributed by atoms with van der Waals surface area (Å²) in [5.74, 6) is 5.64. The Kier molecular flexibility index (Phi) is 5.57. The maximum Gasteiger partial charge on any atom is 0.0460 e. The van der Waals surface area contributed by atoms with Gasteiger partial charge in [0.1, 0.15) is 0 Å². The summed E-state index contributed by atoms with van der Waals surface area (Å²) >= 11 is 0. The highest BCUT2D eigenvalue weighted by Crippen LogP contribution is 2.25. The molecule has 0 spiro atoms. The van der Waals surface area contributed by atoms with Gasteiger partial charge in [0.05, 0.1) is 0 Å². The number of hydrogen-bond donors (Lipinski definition) is 2. The molecular weight excluding hydrogens is 220 g/mol. The Labute approximate surface area is 111 Å². The zero-order valence-corrected chi connectivity index (χ0v) is 11.9. The normalized spacial score (nSPS) is 13.3. The molecule has 2 nitrogen and oxygen atoms in total. The molecule has 0 saturated heterocycles. The molecule has 0 amide bonds. The molecular formula is C16H26N2. The van der Waals surface area contributed by atoms with E-state index in [1.807, 2.05) is 6.08 Å². The van der Waals surface area contributed by atoms with Crippen LogP contribution in [0.1, 0.15) is 57.2 Å². The molecule has 1 aromatic carbocycles. The Morgan fingerprint density at radius 3 is 2.33 bits per heavy atom. The molecule has 0 aliphatic heterocycles. The first-order valence-corrected chi connectivity index (χ1v) is 6.66. The lowest BCUT2D eigenvalue weighted by Gasteiger charge is -2.21. The van der Waals surface area contributed by atoms with Gasteiger partial charge in [0.25, 0.3) is 0 Å². The van der Waals surface area contributed by atoms with Crippen molar-refractivity contribution in [2.24, 2.45) is 5.84 Å². The van der Waals surface area contributed by atoms with E-state index >= 15 is 0 Å². The molecule has 2 heteroatoms. The Hall–Kier alpha value is -1.12. The third kappa shape index (κ3) is 4.28. The van der Waals surface area contributed by atoms with E-state index in [2.05, 4.69) is 57.0 Å². The minimum Gasteiger partial charge on any atom is -0.271 e. The number of benzene rings is 1. The second kappa shape index (κ2) is 6.72. The number of unbranched alkanes of at least 4 members (excludes halogenated alkanes) is 1. The summed E-state index contributed by atoms with van der Waals surface area (Å²) < 4.78 is 0. The molecule has 18 heavy (non-hydrogen) atoms. The Morgan fingerprint density at radius 1 is 1.28 bits per heavy atom. The predicted molar refractivity (Wildman–Crippen MR) is 79.3 cm³/mol. The zero-order chi connectivity index (χ0) is 13.6. The fraction of sp³-hybridized carbons (Fsp3) is 0.500. The molecule has 0 aliphatic carbocycles. The molecule has 1 atom stereocenters. The maximum atomic E-state index is 5.64. The topological polar surface area (TPSA) is 38.0 Å². The average Bonchev–Trinajstić information content (AvgIpc) is 2.34.